The molecule has 2 unspecified atom stereocenters. The van der Waals surface area contributed by atoms with E-state index in [1.165, 1.54) is 18.2 Å². The molecule has 1 N–H and O–H groups in total. The fourth-order valence-electron chi connectivity index (χ4n) is 4.26. The maximum Gasteiger partial charge on any atom is 0.257 e. The Kier molecular flexibility index (Phi) is 8.14. The van der Waals surface area contributed by atoms with E-state index in [-0.39, 0.29) is 30.3 Å². The number of benzene rings is 2. The molecular formula is C26H34N2O4. The molecule has 2 aromatic carbocycles. The van der Waals surface area contributed by atoms with Gasteiger partial charge in [-0.3, -0.25) is 9.59 Å². The summed E-state index contributed by atoms with van der Waals surface area (Å²) in [5, 5.41) is 3.19. The summed E-state index contributed by atoms with van der Waals surface area (Å²) in [6.07, 6.45) is 4.12. The van der Waals surface area contributed by atoms with Gasteiger partial charge in [0.2, 0.25) is 5.91 Å². The van der Waals surface area contributed by atoms with Gasteiger partial charge in [0.15, 0.2) is 0 Å². The van der Waals surface area contributed by atoms with Crippen LogP contribution in [0, 0.1) is 0 Å². The lowest BCUT2D eigenvalue weighted by Gasteiger charge is -2.30. The molecule has 0 saturated heterocycles. The summed E-state index contributed by atoms with van der Waals surface area (Å²) in [7, 11) is 3.11. The zero-order chi connectivity index (χ0) is 23.1. The first-order valence-corrected chi connectivity index (χ1v) is 11.4. The van der Waals surface area contributed by atoms with Crippen molar-refractivity contribution >= 4 is 11.8 Å². The lowest BCUT2D eigenvalue weighted by atomic mass is 9.87. The van der Waals surface area contributed by atoms with Gasteiger partial charge in [-0.2, -0.15) is 0 Å². The standard InChI is InChI=1S/C26H34N2O4/c1-5-18(2)28(26(30)22-14-13-20(31-3)17-24(22)32-4)16-15-25(29)27-23-12-8-10-19-9-6-7-11-21(19)23/h6-7,9,11,13-14,17-18,23H,5,8,10,12,15-16H2,1-4H3,(H,27,29). The van der Waals surface area contributed by atoms with Gasteiger partial charge in [0.1, 0.15) is 11.5 Å². The van der Waals surface area contributed by atoms with Crippen LogP contribution in [0.3, 0.4) is 0 Å². The number of rotatable bonds is 9. The molecule has 6 nitrogen and oxygen atoms in total. The second-order valence-corrected chi connectivity index (χ2v) is 8.28. The Bertz CT molecular complexity index is 943. The zero-order valence-electron chi connectivity index (χ0n) is 19.5. The Balaban J connectivity index is 1.69. The van der Waals surface area contributed by atoms with E-state index in [2.05, 4.69) is 17.4 Å². The number of aryl methyl sites for hydroxylation is 1. The lowest BCUT2D eigenvalue weighted by Crippen LogP contribution is -2.41. The molecular weight excluding hydrogens is 404 g/mol. The van der Waals surface area contributed by atoms with E-state index in [1.54, 1.807) is 30.2 Å². The average Bonchev–Trinajstić information content (AvgIpc) is 2.83. The van der Waals surface area contributed by atoms with Crippen LogP contribution in [-0.2, 0) is 11.2 Å². The number of carbonyl (C=O) groups is 2. The van der Waals surface area contributed by atoms with E-state index >= 15 is 0 Å². The van der Waals surface area contributed by atoms with E-state index in [4.69, 9.17) is 9.47 Å². The van der Waals surface area contributed by atoms with Gasteiger partial charge >= 0.3 is 0 Å². The van der Waals surface area contributed by atoms with Gasteiger partial charge in [-0.15, -0.1) is 0 Å². The van der Waals surface area contributed by atoms with Crippen LogP contribution in [0.1, 0.15) is 67.1 Å². The van der Waals surface area contributed by atoms with Crippen LogP contribution in [0.5, 0.6) is 11.5 Å². The topological polar surface area (TPSA) is 67.9 Å². The molecule has 2 aromatic rings. The second kappa shape index (κ2) is 11.0. The lowest BCUT2D eigenvalue weighted by molar-refractivity contribution is -0.122. The summed E-state index contributed by atoms with van der Waals surface area (Å²) in [6, 6.07) is 13.5. The van der Waals surface area contributed by atoms with E-state index in [1.807, 2.05) is 26.0 Å². The van der Waals surface area contributed by atoms with Crippen LogP contribution in [0.15, 0.2) is 42.5 Å². The third-order valence-corrected chi connectivity index (χ3v) is 6.31. The largest absolute Gasteiger partial charge is 0.497 e. The highest BCUT2D eigenvalue weighted by Crippen LogP contribution is 2.30. The van der Waals surface area contributed by atoms with Crippen LogP contribution in [0.4, 0.5) is 0 Å². The molecule has 2 amide bonds. The number of methoxy groups -OCH3 is 2. The molecule has 1 aliphatic rings. The third kappa shape index (κ3) is 5.42. The van der Waals surface area contributed by atoms with E-state index in [0.29, 0.717) is 23.6 Å². The molecule has 32 heavy (non-hydrogen) atoms. The number of ether oxygens (including phenoxy) is 2. The van der Waals surface area contributed by atoms with E-state index in [9.17, 15) is 9.59 Å². The fourth-order valence-corrected chi connectivity index (χ4v) is 4.26. The number of hydrogen-bond acceptors (Lipinski definition) is 4. The van der Waals surface area contributed by atoms with E-state index in [0.717, 1.165) is 25.7 Å². The van der Waals surface area contributed by atoms with Crippen molar-refractivity contribution < 1.29 is 19.1 Å². The predicted octanol–water partition coefficient (Wildman–Crippen LogP) is 4.53. The molecule has 2 atom stereocenters. The normalized spacial score (nSPS) is 15.9. The Morgan fingerprint density at radius 1 is 1.16 bits per heavy atom. The summed E-state index contributed by atoms with van der Waals surface area (Å²) in [4.78, 5) is 27.9. The summed E-state index contributed by atoms with van der Waals surface area (Å²) in [6.45, 7) is 4.39. The number of nitrogens with zero attached hydrogens (tertiary/aromatic N) is 1. The summed E-state index contributed by atoms with van der Waals surface area (Å²) in [5.74, 6) is 0.913. The molecule has 0 radical (unpaired) electrons. The molecule has 0 bridgehead atoms. The quantitative estimate of drug-likeness (QED) is 0.625. The Labute approximate surface area is 190 Å². The van der Waals surface area contributed by atoms with Crippen LogP contribution in [0.25, 0.3) is 0 Å². The number of fused-ring (bicyclic) bond motifs is 1. The van der Waals surface area contributed by atoms with Crippen molar-refractivity contribution in [2.45, 2.75) is 58.0 Å². The van der Waals surface area contributed by atoms with Gasteiger partial charge in [-0.1, -0.05) is 31.2 Å². The maximum atomic E-state index is 13.4. The molecule has 6 heteroatoms. The van der Waals surface area contributed by atoms with Crippen molar-refractivity contribution in [3.63, 3.8) is 0 Å². The van der Waals surface area contributed by atoms with Crippen LogP contribution >= 0.6 is 0 Å². The number of hydrogen-bond donors (Lipinski definition) is 1. The molecule has 3 rings (SSSR count). The molecule has 0 fully saturated rings. The summed E-state index contributed by atoms with van der Waals surface area (Å²) >= 11 is 0. The van der Waals surface area contributed by atoms with Gasteiger partial charge < -0.3 is 19.7 Å². The number of nitrogens with one attached hydrogen (secondary N) is 1. The molecule has 0 aromatic heterocycles. The molecule has 0 heterocycles. The van der Waals surface area contributed by atoms with Gasteiger partial charge in [0.05, 0.1) is 25.8 Å². The fraction of sp³-hybridized carbons (Fsp3) is 0.462. The van der Waals surface area contributed by atoms with Crippen LogP contribution in [0.2, 0.25) is 0 Å². The third-order valence-electron chi connectivity index (χ3n) is 6.31. The predicted molar refractivity (Wildman–Crippen MR) is 125 cm³/mol. The Hall–Kier alpha value is -3.02. The Morgan fingerprint density at radius 3 is 2.66 bits per heavy atom. The SMILES string of the molecule is CCC(C)N(CCC(=O)NC1CCCc2ccccc21)C(=O)c1ccc(OC)cc1OC. The molecule has 1 aliphatic carbocycles. The summed E-state index contributed by atoms with van der Waals surface area (Å²) < 4.78 is 10.7. The molecule has 0 saturated carbocycles. The minimum absolute atomic E-state index is 0.00230. The maximum absolute atomic E-state index is 13.4. The van der Waals surface area contributed by atoms with Gasteiger partial charge in [0.25, 0.3) is 5.91 Å². The summed E-state index contributed by atoms with van der Waals surface area (Å²) in [5.41, 5.74) is 2.99. The first-order chi connectivity index (χ1) is 15.5. The van der Waals surface area contributed by atoms with Crippen molar-refractivity contribution in [2.24, 2.45) is 0 Å². The van der Waals surface area contributed by atoms with Crippen molar-refractivity contribution in [3.8, 4) is 11.5 Å². The minimum Gasteiger partial charge on any atom is -0.497 e. The number of amides is 2. The van der Waals surface area contributed by atoms with Crippen LogP contribution < -0.4 is 14.8 Å². The van der Waals surface area contributed by atoms with Crippen molar-refractivity contribution in [1.29, 1.82) is 0 Å². The smallest absolute Gasteiger partial charge is 0.257 e. The van der Waals surface area contributed by atoms with Crippen molar-refractivity contribution in [1.82, 2.24) is 10.2 Å². The monoisotopic (exact) mass is 438 g/mol. The molecule has 0 aliphatic heterocycles. The highest BCUT2D eigenvalue weighted by atomic mass is 16.5. The van der Waals surface area contributed by atoms with Gasteiger partial charge in [0, 0.05) is 25.1 Å². The molecule has 172 valence electrons. The van der Waals surface area contributed by atoms with Crippen molar-refractivity contribution in [3.05, 3.63) is 59.2 Å². The average molecular weight is 439 g/mol. The first-order valence-electron chi connectivity index (χ1n) is 11.4. The minimum atomic E-state index is -0.144. The molecule has 0 spiro atoms. The second-order valence-electron chi connectivity index (χ2n) is 8.28. The van der Waals surface area contributed by atoms with Gasteiger partial charge in [-0.25, -0.2) is 0 Å². The zero-order valence-corrected chi connectivity index (χ0v) is 19.5. The first kappa shape index (κ1) is 23.6. The van der Waals surface area contributed by atoms with Crippen LogP contribution in [-0.4, -0.2) is 43.5 Å². The highest BCUT2D eigenvalue weighted by Gasteiger charge is 2.26. The van der Waals surface area contributed by atoms with Gasteiger partial charge in [-0.05, 0) is 55.9 Å². The van der Waals surface area contributed by atoms with E-state index < -0.39 is 0 Å². The highest BCUT2D eigenvalue weighted by molar-refractivity contribution is 5.97. The van der Waals surface area contributed by atoms with Crippen molar-refractivity contribution in [2.75, 3.05) is 20.8 Å². The number of carbonyl (C=O) groups excluding carboxylic acids is 2. The Morgan fingerprint density at radius 2 is 1.94 bits per heavy atom.